The van der Waals surface area contributed by atoms with Crippen LogP contribution in [0, 0.1) is 18.6 Å². The first-order valence-corrected chi connectivity index (χ1v) is 15.7. The molecule has 4 nitrogen and oxygen atoms in total. The van der Waals surface area contributed by atoms with Crippen molar-refractivity contribution in [2.75, 3.05) is 4.90 Å². The maximum Gasteiger partial charge on any atom is 0.282 e. The van der Waals surface area contributed by atoms with Crippen molar-refractivity contribution in [3.05, 3.63) is 151 Å². The summed E-state index contributed by atoms with van der Waals surface area (Å²) >= 11 is 0. The highest BCUT2D eigenvalue weighted by molar-refractivity contribution is 7.98. The molecule has 0 atom stereocenters. The molecule has 5 rings (SSSR count). The Labute approximate surface area is 230 Å². The van der Waals surface area contributed by atoms with Crippen LogP contribution in [0.2, 0.25) is 0 Å². The number of sulfonamides is 1. The summed E-state index contributed by atoms with van der Waals surface area (Å²) in [6.07, 6.45) is 0. The number of nitrogens with zero attached hydrogens (tertiary/aromatic N) is 2. The minimum atomic E-state index is -4.05. The van der Waals surface area contributed by atoms with Gasteiger partial charge in [-0.3, -0.25) is 4.90 Å². The average molecular weight is 547 g/mol. The zero-order valence-electron chi connectivity index (χ0n) is 21.4. The lowest BCUT2D eigenvalue weighted by molar-refractivity contribution is 0.598. The molecule has 0 bridgehead atoms. The first-order chi connectivity index (χ1) is 19.0. The SMILES string of the molecule is Cc1ccc(S(=O)(=O)N=P(C#CN(c2ccccc2)c2ccccc2)(c2ccccc2)c2ccccc2)cc1. The summed E-state index contributed by atoms with van der Waals surface area (Å²) in [5.74, 6) is 0. The van der Waals surface area contributed by atoms with E-state index in [2.05, 4.69) is 11.7 Å². The molecule has 39 heavy (non-hydrogen) atoms. The second kappa shape index (κ2) is 11.6. The van der Waals surface area contributed by atoms with Crippen LogP contribution >= 0.6 is 7.05 Å². The van der Waals surface area contributed by atoms with Gasteiger partial charge in [-0.15, -0.1) is 0 Å². The van der Waals surface area contributed by atoms with E-state index in [1.165, 1.54) is 0 Å². The molecule has 0 N–H and O–H groups in total. The zero-order valence-corrected chi connectivity index (χ0v) is 23.1. The van der Waals surface area contributed by atoms with Crippen LogP contribution in [0.15, 0.2) is 155 Å². The van der Waals surface area contributed by atoms with Gasteiger partial charge in [-0.1, -0.05) is 115 Å². The molecule has 6 heteroatoms. The van der Waals surface area contributed by atoms with Gasteiger partial charge in [-0.05, 0) is 49.0 Å². The molecule has 0 fully saturated rings. The zero-order chi connectivity index (χ0) is 27.1. The van der Waals surface area contributed by atoms with Crippen molar-refractivity contribution in [1.29, 1.82) is 0 Å². The van der Waals surface area contributed by atoms with Gasteiger partial charge in [0.15, 0.2) is 0 Å². The number of para-hydroxylation sites is 2. The summed E-state index contributed by atoms with van der Waals surface area (Å²) in [4.78, 5) is 2.03. The first kappa shape index (κ1) is 26.3. The summed E-state index contributed by atoms with van der Waals surface area (Å²) < 4.78 is 32.5. The molecule has 0 spiro atoms. The summed E-state index contributed by atoms with van der Waals surface area (Å²) in [6, 6.07) is 48.8. The molecular weight excluding hydrogens is 519 g/mol. The predicted molar refractivity (Wildman–Crippen MR) is 163 cm³/mol. The van der Waals surface area contributed by atoms with Gasteiger partial charge in [0.25, 0.3) is 10.0 Å². The molecule has 5 aromatic rings. The van der Waals surface area contributed by atoms with Crippen LogP contribution < -0.4 is 15.5 Å². The summed E-state index contributed by atoms with van der Waals surface area (Å²) in [7, 11) is -7.22. The molecule has 192 valence electrons. The Morgan fingerprint density at radius 1 is 0.590 bits per heavy atom. The van der Waals surface area contributed by atoms with Gasteiger partial charge < -0.3 is 0 Å². The summed E-state index contributed by atoms with van der Waals surface area (Å²) in [6.45, 7) is 1.92. The molecule has 0 amide bonds. The second-order valence-corrected chi connectivity index (χ2v) is 13.5. The molecule has 0 saturated carbocycles. The van der Waals surface area contributed by atoms with Gasteiger partial charge >= 0.3 is 0 Å². The Morgan fingerprint density at radius 3 is 1.44 bits per heavy atom. The highest BCUT2D eigenvalue weighted by atomic mass is 32.2. The van der Waals surface area contributed by atoms with E-state index in [0.717, 1.165) is 27.5 Å². The number of benzene rings is 5. The quantitative estimate of drug-likeness (QED) is 0.128. The van der Waals surface area contributed by atoms with E-state index in [-0.39, 0.29) is 4.90 Å². The Kier molecular flexibility index (Phi) is 7.79. The molecular formula is C33H27N2O2PS. The fourth-order valence-corrected chi connectivity index (χ4v) is 9.23. The van der Waals surface area contributed by atoms with E-state index in [1.807, 2.05) is 133 Å². The smallest absolute Gasteiger partial charge is 0.270 e. The van der Waals surface area contributed by atoms with Crippen LogP contribution in [0.5, 0.6) is 0 Å². The van der Waals surface area contributed by atoms with E-state index in [0.29, 0.717) is 0 Å². The molecule has 0 aliphatic carbocycles. The Balaban J connectivity index is 1.83. The number of rotatable bonds is 6. The van der Waals surface area contributed by atoms with E-state index in [9.17, 15) is 8.42 Å². The van der Waals surface area contributed by atoms with Crippen molar-refractivity contribution >= 4 is 39.1 Å². The van der Waals surface area contributed by atoms with Gasteiger partial charge in [0.1, 0.15) is 7.05 Å². The molecule has 0 saturated heterocycles. The fourth-order valence-electron chi connectivity index (χ4n) is 4.15. The lowest BCUT2D eigenvalue weighted by Gasteiger charge is -2.22. The van der Waals surface area contributed by atoms with Crippen molar-refractivity contribution in [2.24, 2.45) is 4.15 Å². The molecule has 0 aliphatic rings. The number of aryl methyl sites for hydroxylation is 1. The Bertz CT molecular complexity index is 1680. The van der Waals surface area contributed by atoms with E-state index in [1.54, 1.807) is 24.3 Å². The van der Waals surface area contributed by atoms with Gasteiger partial charge in [0.2, 0.25) is 0 Å². The largest absolute Gasteiger partial charge is 0.282 e. The van der Waals surface area contributed by atoms with Crippen molar-refractivity contribution in [3.8, 4) is 11.7 Å². The van der Waals surface area contributed by atoms with Crippen LogP contribution in [0.3, 0.4) is 0 Å². The molecule has 0 aliphatic heterocycles. The van der Waals surface area contributed by atoms with Gasteiger partial charge in [0.05, 0.1) is 16.3 Å². The predicted octanol–water partition coefficient (Wildman–Crippen LogP) is 7.29. The van der Waals surface area contributed by atoms with Crippen LogP contribution in [-0.2, 0) is 10.0 Å². The highest BCUT2D eigenvalue weighted by Gasteiger charge is 2.28. The highest BCUT2D eigenvalue weighted by Crippen LogP contribution is 2.48. The van der Waals surface area contributed by atoms with Crippen LogP contribution in [-0.4, -0.2) is 8.42 Å². The first-order valence-electron chi connectivity index (χ1n) is 12.5. The molecule has 0 unspecified atom stereocenters. The fraction of sp³-hybridized carbons (Fsp3) is 0.0303. The van der Waals surface area contributed by atoms with E-state index in [4.69, 9.17) is 4.15 Å². The van der Waals surface area contributed by atoms with Crippen molar-refractivity contribution in [1.82, 2.24) is 0 Å². The maximum atomic E-state index is 13.9. The minimum Gasteiger partial charge on any atom is -0.270 e. The normalized spacial score (nSPS) is 11.2. The lowest BCUT2D eigenvalue weighted by atomic mass is 10.2. The average Bonchev–Trinajstić information content (AvgIpc) is 2.99. The monoisotopic (exact) mass is 546 g/mol. The topological polar surface area (TPSA) is 49.7 Å². The Morgan fingerprint density at radius 2 is 1.00 bits per heavy atom. The number of hydrogen-bond acceptors (Lipinski definition) is 3. The minimum absolute atomic E-state index is 0.147. The van der Waals surface area contributed by atoms with Crippen molar-refractivity contribution in [2.45, 2.75) is 11.8 Å². The lowest BCUT2D eigenvalue weighted by Crippen LogP contribution is -2.17. The third-order valence-electron chi connectivity index (χ3n) is 6.16. The molecule has 0 heterocycles. The molecule has 0 radical (unpaired) electrons. The van der Waals surface area contributed by atoms with Gasteiger partial charge in [0, 0.05) is 16.7 Å². The van der Waals surface area contributed by atoms with Crippen LogP contribution in [0.4, 0.5) is 11.4 Å². The summed E-state index contributed by atoms with van der Waals surface area (Å²) in [5.41, 5.74) is 6.16. The number of hydrogen-bond donors (Lipinski definition) is 0. The maximum absolute atomic E-state index is 13.9. The number of anilines is 2. The second-order valence-electron chi connectivity index (χ2n) is 8.91. The third kappa shape index (κ3) is 5.89. The van der Waals surface area contributed by atoms with E-state index < -0.39 is 17.1 Å². The van der Waals surface area contributed by atoms with Crippen molar-refractivity contribution < 1.29 is 8.42 Å². The van der Waals surface area contributed by atoms with Gasteiger partial charge in [-0.25, -0.2) is 0 Å². The van der Waals surface area contributed by atoms with Crippen LogP contribution in [0.25, 0.3) is 0 Å². The van der Waals surface area contributed by atoms with Gasteiger partial charge in [-0.2, -0.15) is 12.6 Å². The van der Waals surface area contributed by atoms with Crippen molar-refractivity contribution in [3.63, 3.8) is 0 Å². The summed E-state index contributed by atoms with van der Waals surface area (Å²) in [5, 5.41) is 1.53. The van der Waals surface area contributed by atoms with E-state index >= 15 is 0 Å². The third-order valence-corrected chi connectivity index (χ3v) is 11.4. The van der Waals surface area contributed by atoms with Crippen LogP contribution in [0.1, 0.15) is 5.56 Å². The molecule has 0 aromatic heterocycles. The Hall–Kier alpha value is -4.36. The standard InChI is InChI=1S/C33H27N2O2PS/c1-28-22-24-33(25-23-28)39(36,37)34-38(31-18-10-4-11-19-31,32-20-12-5-13-21-32)27-26-35(29-14-6-2-7-15-29)30-16-8-3-9-17-30/h2-25H,1H3. The molecule has 5 aromatic carbocycles.